The van der Waals surface area contributed by atoms with Crippen molar-refractivity contribution in [3.8, 4) is 0 Å². The molecule has 0 unspecified atom stereocenters. The van der Waals surface area contributed by atoms with Gasteiger partial charge in [-0.15, -0.1) is 0 Å². The number of nitrogens with one attached hydrogen (secondary N) is 1. The molecule has 0 aromatic heterocycles. The Morgan fingerprint density at radius 3 is 2.62 bits per heavy atom. The van der Waals surface area contributed by atoms with E-state index in [-0.39, 0.29) is 11.7 Å². The van der Waals surface area contributed by atoms with Gasteiger partial charge in [-0.3, -0.25) is 9.59 Å². The van der Waals surface area contributed by atoms with Gasteiger partial charge in [0.1, 0.15) is 6.04 Å². The predicted octanol–water partition coefficient (Wildman–Crippen LogP) is 2.04. The number of ketones is 1. The molecule has 2 rings (SSSR count). The fourth-order valence-electron chi connectivity index (χ4n) is 2.63. The minimum atomic E-state index is -1.04. The van der Waals surface area contributed by atoms with E-state index in [1.807, 2.05) is 13.8 Å². The zero-order chi connectivity index (χ0) is 15.6. The summed E-state index contributed by atoms with van der Waals surface area (Å²) in [5, 5.41) is 11.7. The average molecular weight is 289 g/mol. The third kappa shape index (κ3) is 3.29. The molecule has 1 atom stereocenters. The van der Waals surface area contributed by atoms with E-state index >= 15 is 0 Å². The number of carbonyl (C=O) groups excluding carboxylic acids is 2. The first-order chi connectivity index (χ1) is 9.90. The van der Waals surface area contributed by atoms with Crippen molar-refractivity contribution in [2.24, 2.45) is 5.92 Å². The Morgan fingerprint density at radius 2 is 2.00 bits per heavy atom. The van der Waals surface area contributed by atoms with Gasteiger partial charge in [0.05, 0.1) is 0 Å². The molecule has 0 aliphatic heterocycles. The van der Waals surface area contributed by atoms with Gasteiger partial charge in [0, 0.05) is 17.5 Å². The monoisotopic (exact) mass is 289 g/mol. The van der Waals surface area contributed by atoms with Crippen molar-refractivity contribution < 1.29 is 19.5 Å². The molecule has 0 saturated carbocycles. The van der Waals surface area contributed by atoms with Gasteiger partial charge < -0.3 is 10.4 Å². The maximum Gasteiger partial charge on any atom is 0.326 e. The van der Waals surface area contributed by atoms with Crippen molar-refractivity contribution >= 4 is 17.7 Å². The Bertz CT molecular complexity index is 592. The standard InChI is InChI=1S/C16H19NO4/c1-9(2)8-13(16(20)21)17-15(19)12-5-3-4-11-10(12)6-7-14(11)18/h3-5,9,13H,6-8H2,1-2H3,(H,17,19)(H,20,21)/t13-/m0/s1. The highest BCUT2D eigenvalue weighted by Crippen LogP contribution is 2.25. The lowest BCUT2D eigenvalue weighted by Gasteiger charge is -2.17. The molecule has 2 N–H and O–H groups in total. The van der Waals surface area contributed by atoms with Crippen LogP contribution < -0.4 is 5.32 Å². The van der Waals surface area contributed by atoms with Crippen LogP contribution in [0, 0.1) is 5.92 Å². The van der Waals surface area contributed by atoms with Crippen LogP contribution in [0.15, 0.2) is 18.2 Å². The van der Waals surface area contributed by atoms with Crippen LogP contribution in [0.4, 0.5) is 0 Å². The van der Waals surface area contributed by atoms with Crippen LogP contribution in [0.3, 0.4) is 0 Å². The van der Waals surface area contributed by atoms with Gasteiger partial charge in [-0.2, -0.15) is 0 Å². The molecule has 5 heteroatoms. The van der Waals surface area contributed by atoms with Crippen molar-refractivity contribution in [2.75, 3.05) is 0 Å². The van der Waals surface area contributed by atoms with Crippen LogP contribution >= 0.6 is 0 Å². The topological polar surface area (TPSA) is 83.5 Å². The molecule has 112 valence electrons. The molecule has 0 saturated heterocycles. The molecule has 0 radical (unpaired) electrons. The van der Waals surface area contributed by atoms with Crippen molar-refractivity contribution in [1.82, 2.24) is 5.32 Å². The summed E-state index contributed by atoms with van der Waals surface area (Å²) in [6.45, 7) is 3.81. The molecule has 0 fully saturated rings. The number of hydrogen-bond acceptors (Lipinski definition) is 3. The van der Waals surface area contributed by atoms with Crippen LogP contribution in [0.1, 0.15) is 53.0 Å². The second-order valence-electron chi connectivity index (χ2n) is 5.75. The van der Waals surface area contributed by atoms with E-state index in [1.165, 1.54) is 0 Å². The van der Waals surface area contributed by atoms with Crippen molar-refractivity contribution in [2.45, 2.75) is 39.2 Å². The lowest BCUT2D eigenvalue weighted by atomic mass is 10.0. The summed E-state index contributed by atoms with van der Waals surface area (Å²) in [4.78, 5) is 35.2. The second kappa shape index (κ2) is 6.08. The van der Waals surface area contributed by atoms with Crippen LogP contribution in [-0.2, 0) is 11.2 Å². The Labute approximate surface area is 123 Å². The number of carboxylic acid groups (broad SMARTS) is 1. The zero-order valence-electron chi connectivity index (χ0n) is 12.2. The summed E-state index contributed by atoms with van der Waals surface area (Å²) in [6.07, 6.45) is 1.32. The highest BCUT2D eigenvalue weighted by molar-refractivity contribution is 6.06. The van der Waals surface area contributed by atoms with Crippen molar-refractivity contribution in [3.63, 3.8) is 0 Å². The smallest absolute Gasteiger partial charge is 0.326 e. The average Bonchev–Trinajstić information content (AvgIpc) is 2.79. The summed E-state index contributed by atoms with van der Waals surface area (Å²) in [5.74, 6) is -1.26. The van der Waals surface area contributed by atoms with Gasteiger partial charge in [-0.1, -0.05) is 26.0 Å². The molecule has 0 spiro atoms. The van der Waals surface area contributed by atoms with Gasteiger partial charge in [-0.25, -0.2) is 4.79 Å². The molecule has 1 aliphatic carbocycles. The maximum absolute atomic E-state index is 12.3. The molecule has 21 heavy (non-hydrogen) atoms. The van der Waals surface area contributed by atoms with E-state index < -0.39 is 17.9 Å². The van der Waals surface area contributed by atoms with E-state index in [4.69, 9.17) is 0 Å². The molecule has 1 aromatic carbocycles. The molecule has 1 aromatic rings. The van der Waals surface area contributed by atoms with Crippen LogP contribution in [0.2, 0.25) is 0 Å². The van der Waals surface area contributed by atoms with E-state index in [9.17, 15) is 19.5 Å². The van der Waals surface area contributed by atoms with E-state index in [1.54, 1.807) is 18.2 Å². The highest BCUT2D eigenvalue weighted by Gasteiger charge is 2.27. The Morgan fingerprint density at radius 1 is 1.29 bits per heavy atom. The molecular formula is C16H19NO4. The Balaban J connectivity index is 2.21. The SMILES string of the molecule is CC(C)C[C@H](NC(=O)c1cccc2c1CCC2=O)C(=O)O. The second-order valence-corrected chi connectivity index (χ2v) is 5.75. The molecule has 1 amide bonds. The van der Waals surface area contributed by atoms with Crippen LogP contribution in [-0.4, -0.2) is 28.8 Å². The predicted molar refractivity (Wildman–Crippen MR) is 77.4 cm³/mol. The molecule has 0 heterocycles. The number of carbonyl (C=O) groups is 3. The summed E-state index contributed by atoms with van der Waals surface area (Å²) in [7, 11) is 0. The zero-order valence-corrected chi connectivity index (χ0v) is 12.2. The Kier molecular flexibility index (Phi) is 4.40. The number of hydrogen-bond donors (Lipinski definition) is 2. The summed E-state index contributed by atoms with van der Waals surface area (Å²) < 4.78 is 0. The number of amides is 1. The first-order valence-electron chi connectivity index (χ1n) is 7.09. The quantitative estimate of drug-likeness (QED) is 0.869. The number of rotatable bonds is 5. The van der Waals surface area contributed by atoms with Gasteiger partial charge >= 0.3 is 5.97 Å². The van der Waals surface area contributed by atoms with E-state index in [0.29, 0.717) is 30.4 Å². The largest absolute Gasteiger partial charge is 0.480 e. The highest BCUT2D eigenvalue weighted by atomic mass is 16.4. The van der Waals surface area contributed by atoms with E-state index in [0.717, 1.165) is 5.56 Å². The fraction of sp³-hybridized carbons (Fsp3) is 0.438. The van der Waals surface area contributed by atoms with Crippen molar-refractivity contribution in [1.29, 1.82) is 0 Å². The van der Waals surface area contributed by atoms with Crippen LogP contribution in [0.5, 0.6) is 0 Å². The van der Waals surface area contributed by atoms with Crippen LogP contribution in [0.25, 0.3) is 0 Å². The summed E-state index contributed by atoms with van der Waals surface area (Å²) in [5.41, 5.74) is 1.72. The lowest BCUT2D eigenvalue weighted by Crippen LogP contribution is -2.41. The molecular weight excluding hydrogens is 270 g/mol. The van der Waals surface area contributed by atoms with Gasteiger partial charge in [0.25, 0.3) is 5.91 Å². The number of aliphatic carboxylic acids is 1. The minimum Gasteiger partial charge on any atom is -0.480 e. The Hall–Kier alpha value is -2.17. The first kappa shape index (κ1) is 15.2. The molecule has 0 bridgehead atoms. The minimum absolute atomic E-state index is 0.0385. The fourth-order valence-corrected chi connectivity index (χ4v) is 2.63. The molecule has 1 aliphatic rings. The summed E-state index contributed by atoms with van der Waals surface area (Å²) in [6, 6.07) is 4.10. The summed E-state index contributed by atoms with van der Waals surface area (Å²) >= 11 is 0. The lowest BCUT2D eigenvalue weighted by molar-refractivity contribution is -0.139. The maximum atomic E-state index is 12.3. The van der Waals surface area contributed by atoms with E-state index in [2.05, 4.69) is 5.32 Å². The number of benzene rings is 1. The third-order valence-corrected chi connectivity index (χ3v) is 3.63. The van der Waals surface area contributed by atoms with Gasteiger partial charge in [0.15, 0.2) is 5.78 Å². The molecule has 5 nitrogen and oxygen atoms in total. The van der Waals surface area contributed by atoms with Gasteiger partial charge in [0.2, 0.25) is 0 Å². The number of carboxylic acids is 1. The number of Topliss-reactive ketones (excluding diaryl/α,β-unsaturated/α-hetero) is 1. The third-order valence-electron chi connectivity index (χ3n) is 3.63. The first-order valence-corrected chi connectivity index (χ1v) is 7.09. The van der Waals surface area contributed by atoms with Crippen molar-refractivity contribution in [3.05, 3.63) is 34.9 Å². The van der Waals surface area contributed by atoms with Gasteiger partial charge in [-0.05, 0) is 30.4 Å². The number of fused-ring (bicyclic) bond motifs is 1. The normalized spacial score (nSPS) is 14.9.